The maximum atomic E-state index is 14.3. The molecule has 91 heavy (non-hydrogen) atoms. The SMILES string of the molecule is CCN=c1cc2oc3cc(NCC)c(C)cc3c(-c3ccccc3C(=O)N(C)CCCC(=O)NCCNC(=O)c3cccc(OCC(N=[N+]=[N-])OCCOCC(=O)NCC#Cc4cn([C@H]5CC(O[C@H](C)SSC)[C@@H](COP(=O)(O)O)O5)c(=O)[nH]c4=O)c3)c-2cc1C. The monoisotopic (exact) mass is 1310 g/mol. The molecule has 3 heterocycles. The molecule has 5 atom stereocenters. The summed E-state index contributed by atoms with van der Waals surface area (Å²) in [6.07, 6.45) is -0.168. The molecule has 1 saturated heterocycles. The number of nitrogens with one attached hydrogen (secondary N) is 5. The Kier molecular flexibility index (Phi) is 26.7. The summed E-state index contributed by atoms with van der Waals surface area (Å²) in [5.74, 6) is 4.73. The maximum absolute atomic E-state index is 14.3. The van der Waals surface area contributed by atoms with Gasteiger partial charge in [0.25, 0.3) is 17.4 Å². The van der Waals surface area contributed by atoms with Crippen molar-refractivity contribution in [1.29, 1.82) is 0 Å². The second-order valence-electron chi connectivity index (χ2n) is 20.6. The number of nitrogens with zero attached hydrogens (tertiary/aromatic N) is 6. The van der Waals surface area contributed by atoms with Gasteiger partial charge in [0.05, 0.1) is 37.8 Å². The molecule has 4 amide bonds. The summed E-state index contributed by atoms with van der Waals surface area (Å²) < 4.78 is 52.3. The number of phosphoric ester groups is 1. The third-order valence-electron chi connectivity index (χ3n) is 14.0. The van der Waals surface area contributed by atoms with Gasteiger partial charge in [-0.15, -0.1) is 0 Å². The fourth-order valence-electron chi connectivity index (χ4n) is 9.78. The number of aryl methyl sites for hydroxylation is 2. The van der Waals surface area contributed by atoms with E-state index in [0.29, 0.717) is 36.4 Å². The second-order valence-corrected chi connectivity index (χ2v) is 24.6. The van der Waals surface area contributed by atoms with Crippen LogP contribution in [0.15, 0.2) is 103 Å². The molecule has 1 aliphatic carbocycles. The molecular weight excluding hydrogens is 1240 g/mol. The molecule has 1 aromatic heterocycles. The van der Waals surface area contributed by atoms with Crippen molar-refractivity contribution in [1.82, 2.24) is 30.4 Å². The van der Waals surface area contributed by atoms with Crippen LogP contribution < -0.4 is 42.6 Å². The first-order valence-electron chi connectivity index (χ1n) is 29.1. The molecule has 0 bridgehead atoms. The lowest BCUT2D eigenvalue weighted by Crippen LogP contribution is -2.35. The third kappa shape index (κ3) is 20.5. The zero-order valence-corrected chi connectivity index (χ0v) is 53.9. The van der Waals surface area contributed by atoms with Crippen molar-refractivity contribution in [3.05, 3.63) is 143 Å². The number of carbonyl (C=O) groups is 4. The summed E-state index contributed by atoms with van der Waals surface area (Å²) in [6, 6.07) is 21.9. The predicted molar refractivity (Wildman–Crippen MR) is 344 cm³/mol. The van der Waals surface area contributed by atoms with Gasteiger partial charge in [0, 0.05) is 109 Å². The van der Waals surface area contributed by atoms with Crippen LogP contribution in [0.25, 0.3) is 43.9 Å². The largest absolute Gasteiger partial charge is 0.491 e. The second kappa shape index (κ2) is 34.5. The molecule has 7 rings (SSSR count). The number of aromatic amines is 1. The van der Waals surface area contributed by atoms with Crippen molar-refractivity contribution in [3.8, 4) is 40.0 Å². The number of hydrogen-bond acceptors (Lipinski definition) is 19. The van der Waals surface area contributed by atoms with Crippen LogP contribution in [-0.4, -0.2) is 157 Å². The average Bonchev–Trinajstić information content (AvgIpc) is 1.20. The average molecular weight is 1310 g/mol. The van der Waals surface area contributed by atoms with E-state index in [4.69, 9.17) is 33.6 Å². The van der Waals surface area contributed by atoms with Crippen LogP contribution in [0.4, 0.5) is 5.69 Å². The molecule has 0 radical (unpaired) electrons. The van der Waals surface area contributed by atoms with Crippen LogP contribution in [0.3, 0.4) is 0 Å². The Morgan fingerprint density at radius 2 is 1.78 bits per heavy atom. The van der Waals surface area contributed by atoms with Gasteiger partial charge in [-0.1, -0.05) is 62.8 Å². The highest BCUT2D eigenvalue weighted by atomic mass is 33.1. The van der Waals surface area contributed by atoms with Gasteiger partial charge < -0.3 is 64.1 Å². The number of phosphoric acid groups is 1. The van der Waals surface area contributed by atoms with E-state index in [1.807, 2.05) is 70.3 Å². The van der Waals surface area contributed by atoms with Gasteiger partial charge >= 0.3 is 13.5 Å². The number of rotatable bonds is 32. The molecule has 30 heteroatoms. The highest BCUT2D eigenvalue weighted by molar-refractivity contribution is 8.76. The predicted octanol–water partition coefficient (Wildman–Crippen LogP) is 6.78. The van der Waals surface area contributed by atoms with Crippen LogP contribution in [0.2, 0.25) is 0 Å². The molecule has 4 aromatic rings. The zero-order chi connectivity index (χ0) is 65.6. The Balaban J connectivity index is 0.806. The van der Waals surface area contributed by atoms with Gasteiger partial charge in [-0.3, -0.25) is 43.0 Å². The van der Waals surface area contributed by atoms with Gasteiger partial charge in [-0.2, -0.15) is 0 Å². The van der Waals surface area contributed by atoms with Gasteiger partial charge in [-0.25, -0.2) is 9.36 Å². The smallest absolute Gasteiger partial charge is 0.469 e. The summed E-state index contributed by atoms with van der Waals surface area (Å²) in [6.45, 7) is 10.2. The number of fused-ring (bicyclic) bond motifs is 2. The Bertz CT molecular complexity index is 3880. The molecule has 3 aliphatic rings. The number of carbonyl (C=O) groups excluding carboxylic acids is 4. The molecule has 7 N–H and O–H groups in total. The van der Waals surface area contributed by atoms with Crippen LogP contribution in [-0.2, 0) is 37.6 Å². The van der Waals surface area contributed by atoms with Crippen molar-refractivity contribution in [2.24, 2.45) is 10.1 Å². The van der Waals surface area contributed by atoms with Crippen LogP contribution in [0.1, 0.15) is 83.7 Å². The van der Waals surface area contributed by atoms with Crippen LogP contribution >= 0.6 is 29.4 Å². The Morgan fingerprint density at radius 1 is 0.989 bits per heavy atom. The lowest BCUT2D eigenvalue weighted by atomic mass is 9.89. The maximum Gasteiger partial charge on any atom is 0.469 e. The van der Waals surface area contributed by atoms with Crippen LogP contribution in [0, 0.1) is 25.7 Å². The summed E-state index contributed by atoms with van der Waals surface area (Å²) in [4.78, 5) is 108. The fraction of sp³-hybridized carbons (Fsp3) is 0.426. The van der Waals surface area contributed by atoms with E-state index in [1.54, 1.807) is 37.1 Å². The zero-order valence-electron chi connectivity index (χ0n) is 51.3. The van der Waals surface area contributed by atoms with Crippen molar-refractivity contribution >= 4 is 69.7 Å². The fourth-order valence-corrected chi connectivity index (χ4v) is 11.5. The first-order chi connectivity index (χ1) is 43.7. The topological polar surface area (TPSA) is 362 Å². The molecule has 2 aliphatic heterocycles. The lowest BCUT2D eigenvalue weighted by molar-refractivity contribution is -0.126. The number of anilines is 1. The van der Waals surface area contributed by atoms with Crippen molar-refractivity contribution < 1.29 is 66.2 Å². The van der Waals surface area contributed by atoms with E-state index in [9.17, 15) is 43.1 Å². The molecule has 2 unspecified atom stereocenters. The van der Waals surface area contributed by atoms with E-state index < -0.39 is 68.8 Å². The molecular formula is C61H74N11O16PS2. The van der Waals surface area contributed by atoms with Gasteiger partial charge in [0.15, 0.2) is 6.23 Å². The molecule has 0 spiro atoms. The van der Waals surface area contributed by atoms with Crippen molar-refractivity contribution in [2.45, 2.75) is 84.0 Å². The molecule has 0 saturated carbocycles. The van der Waals surface area contributed by atoms with E-state index in [1.165, 1.54) is 33.9 Å². The summed E-state index contributed by atoms with van der Waals surface area (Å²) in [5, 5.41) is 16.8. The summed E-state index contributed by atoms with van der Waals surface area (Å²) in [7, 11) is -0.279. The summed E-state index contributed by atoms with van der Waals surface area (Å²) in [5.41, 5.74) is 14.0. The first kappa shape index (κ1) is 70.5. The van der Waals surface area contributed by atoms with Gasteiger partial charge in [-0.05, 0) is 106 Å². The Morgan fingerprint density at radius 3 is 2.54 bits per heavy atom. The highest BCUT2D eigenvalue weighted by Crippen LogP contribution is 2.44. The van der Waals surface area contributed by atoms with Gasteiger partial charge in [0.1, 0.15) is 53.6 Å². The Hall–Kier alpha value is -7.97. The molecule has 3 aromatic carbocycles. The normalized spacial score (nSPS) is 15.5. The molecule has 27 nitrogen and oxygen atoms in total. The molecule has 1 fully saturated rings. The third-order valence-corrected chi connectivity index (χ3v) is 16.4. The summed E-state index contributed by atoms with van der Waals surface area (Å²) >= 11 is 0. The Labute approximate surface area is 532 Å². The van der Waals surface area contributed by atoms with E-state index in [-0.39, 0.29) is 86.4 Å². The van der Waals surface area contributed by atoms with Crippen LogP contribution in [0.5, 0.6) is 5.75 Å². The number of aromatic nitrogens is 2. The van der Waals surface area contributed by atoms with Crippen molar-refractivity contribution in [3.63, 3.8) is 0 Å². The number of azide groups is 1. The standard InChI is InChI=1S/C61H74N11O16PS2/c1-8-63-47-30-49-45(27-37(47)3)57(46-28-38(4)48(64-9-2)31-50(46)87-49)43-18-10-11-19-44(43)60(77)71(6)24-14-20-53(73)66-22-23-67-58(75)40-15-12-17-42(29-40)84-36-55(69-70-62)83-26-25-82-35-54(74)65-21-13-16-41-33-72(61(78)68-59(41)76)56-32-51(86-39(5)91-90-7)52(88-56)34-85-89(79,80)81/h10-12,15,17-19,27-31,33,39,51-52,55-56,63H,8-9,14,20-26,32,34-36H2,1-7H3,(H,65,74)(H,66,73)(H,67,75)(H,68,76,78)(H2,79,80,81)/t39-,51?,52+,55?,56+/m0/s1. The number of hydrogen-bond donors (Lipinski definition) is 7. The van der Waals surface area contributed by atoms with Gasteiger partial charge in [0.2, 0.25) is 11.8 Å². The minimum atomic E-state index is -4.85. The highest BCUT2D eigenvalue weighted by Gasteiger charge is 2.40. The number of ether oxygens (including phenoxy) is 5. The minimum absolute atomic E-state index is 0.0777. The van der Waals surface area contributed by atoms with E-state index in [2.05, 4.69) is 69.8 Å². The van der Waals surface area contributed by atoms with Crippen molar-refractivity contribution in [2.75, 3.05) is 90.9 Å². The quantitative estimate of drug-likeness (QED) is 0.00263. The van der Waals surface area contributed by atoms with E-state index in [0.717, 1.165) is 55.4 Å². The number of H-pyrrole nitrogens is 1. The lowest BCUT2D eigenvalue weighted by Gasteiger charge is -2.22. The minimum Gasteiger partial charge on any atom is -0.491 e. The number of amides is 4. The first-order valence-corrected chi connectivity index (χ1v) is 33.3. The number of benzene rings is 4. The van der Waals surface area contributed by atoms with E-state index >= 15 is 0 Å². The molecule has 486 valence electrons.